The summed E-state index contributed by atoms with van der Waals surface area (Å²) in [6.07, 6.45) is -0.305. The summed E-state index contributed by atoms with van der Waals surface area (Å²) in [6.45, 7) is 5.05. The highest BCUT2D eigenvalue weighted by Gasteiger charge is 2.37. The fourth-order valence-electron chi connectivity index (χ4n) is 3.30. The standard InChI is InChI=1S/C19H20IN3O6S2/c1-19(2,3)23(31(28,29)16-8-6-5-7-15(16)30(4,26)27)12-9-10-14-13(11-12)17(20)21-22(14)18(24)25/h5-11H,1-4H3,(H,24,25). The van der Waals surface area contributed by atoms with Gasteiger partial charge in [0.1, 0.15) is 8.60 Å². The van der Waals surface area contributed by atoms with E-state index in [9.17, 15) is 26.7 Å². The molecule has 0 amide bonds. The molecule has 0 saturated carbocycles. The Morgan fingerprint density at radius 2 is 1.65 bits per heavy atom. The quantitative estimate of drug-likeness (QED) is 0.470. The van der Waals surface area contributed by atoms with Crippen molar-refractivity contribution < 1.29 is 26.7 Å². The topological polar surface area (TPSA) is 127 Å². The number of carbonyl (C=O) groups is 1. The lowest BCUT2D eigenvalue weighted by Crippen LogP contribution is -2.46. The molecule has 0 radical (unpaired) electrons. The van der Waals surface area contributed by atoms with Gasteiger partial charge in [-0.1, -0.05) is 12.1 Å². The Labute approximate surface area is 193 Å². The second-order valence-corrected chi connectivity index (χ2v) is 12.6. The van der Waals surface area contributed by atoms with Gasteiger partial charge < -0.3 is 5.11 Å². The minimum Gasteiger partial charge on any atom is -0.463 e. The molecule has 2 aromatic carbocycles. The molecule has 9 nitrogen and oxygen atoms in total. The number of aromatic nitrogens is 2. The third kappa shape index (κ3) is 4.28. The number of nitrogens with zero attached hydrogens (tertiary/aromatic N) is 3. The number of fused-ring (bicyclic) bond motifs is 1. The number of hydrogen-bond acceptors (Lipinski definition) is 6. The summed E-state index contributed by atoms with van der Waals surface area (Å²) in [5.41, 5.74) is -0.402. The number of anilines is 1. The molecule has 0 spiro atoms. The highest BCUT2D eigenvalue weighted by atomic mass is 127. The molecule has 31 heavy (non-hydrogen) atoms. The molecule has 166 valence electrons. The number of carboxylic acid groups (broad SMARTS) is 1. The van der Waals surface area contributed by atoms with Crippen molar-refractivity contribution in [2.24, 2.45) is 0 Å². The molecular formula is C19H20IN3O6S2. The van der Waals surface area contributed by atoms with Crippen molar-refractivity contribution in [1.82, 2.24) is 9.78 Å². The van der Waals surface area contributed by atoms with E-state index in [2.05, 4.69) is 5.10 Å². The van der Waals surface area contributed by atoms with E-state index in [1.807, 2.05) is 22.6 Å². The van der Waals surface area contributed by atoms with Crippen LogP contribution in [0.25, 0.3) is 10.9 Å². The summed E-state index contributed by atoms with van der Waals surface area (Å²) in [6, 6.07) is 9.93. The van der Waals surface area contributed by atoms with Crippen molar-refractivity contribution in [3.63, 3.8) is 0 Å². The zero-order valence-electron chi connectivity index (χ0n) is 17.1. The Morgan fingerprint density at radius 3 is 2.16 bits per heavy atom. The van der Waals surface area contributed by atoms with Crippen molar-refractivity contribution in [2.45, 2.75) is 36.1 Å². The van der Waals surface area contributed by atoms with Crippen molar-refractivity contribution >= 4 is 65.1 Å². The molecule has 12 heteroatoms. The van der Waals surface area contributed by atoms with Crippen LogP contribution in [0.2, 0.25) is 0 Å². The first-order valence-corrected chi connectivity index (χ1v) is 13.3. The van der Waals surface area contributed by atoms with Crippen molar-refractivity contribution in [2.75, 3.05) is 10.6 Å². The summed E-state index contributed by atoms with van der Waals surface area (Å²) < 4.78 is 54.3. The monoisotopic (exact) mass is 577 g/mol. The first-order chi connectivity index (χ1) is 14.2. The van der Waals surface area contributed by atoms with E-state index in [0.29, 0.717) is 14.6 Å². The Hall–Kier alpha value is -2.19. The van der Waals surface area contributed by atoms with Gasteiger partial charge in [0.25, 0.3) is 10.0 Å². The summed E-state index contributed by atoms with van der Waals surface area (Å²) in [5.74, 6) is 0. The van der Waals surface area contributed by atoms with Gasteiger partial charge in [-0.25, -0.2) is 21.6 Å². The summed E-state index contributed by atoms with van der Waals surface area (Å²) in [4.78, 5) is 10.8. The van der Waals surface area contributed by atoms with E-state index in [4.69, 9.17) is 0 Å². The molecule has 0 atom stereocenters. The number of sulfonamides is 1. The number of rotatable bonds is 4. The fourth-order valence-corrected chi connectivity index (χ4v) is 7.35. The van der Waals surface area contributed by atoms with Crippen LogP contribution in [0.3, 0.4) is 0 Å². The van der Waals surface area contributed by atoms with E-state index in [0.717, 1.165) is 15.2 Å². The highest BCUT2D eigenvalue weighted by Crippen LogP contribution is 2.36. The minimum atomic E-state index is -4.31. The Kier molecular flexibility index (Phi) is 5.86. The number of sulfone groups is 1. The smallest absolute Gasteiger partial charge is 0.432 e. The highest BCUT2D eigenvalue weighted by molar-refractivity contribution is 14.1. The van der Waals surface area contributed by atoms with Crippen LogP contribution in [0.5, 0.6) is 0 Å². The zero-order valence-corrected chi connectivity index (χ0v) is 20.9. The van der Waals surface area contributed by atoms with Crippen molar-refractivity contribution in [3.8, 4) is 0 Å². The van der Waals surface area contributed by atoms with Gasteiger partial charge in [0, 0.05) is 17.2 Å². The molecule has 1 aromatic heterocycles. The lowest BCUT2D eigenvalue weighted by Gasteiger charge is -2.37. The van der Waals surface area contributed by atoms with Crippen LogP contribution in [0.4, 0.5) is 10.5 Å². The maximum absolute atomic E-state index is 13.7. The molecule has 0 unspecified atom stereocenters. The van der Waals surface area contributed by atoms with Gasteiger partial charge in [-0.3, -0.25) is 4.31 Å². The predicted octanol–water partition coefficient (Wildman–Crippen LogP) is 3.56. The van der Waals surface area contributed by atoms with E-state index in [1.165, 1.54) is 42.5 Å². The Balaban J connectivity index is 2.31. The zero-order chi connectivity index (χ0) is 23.4. The average Bonchev–Trinajstić information content (AvgIpc) is 2.96. The molecule has 0 saturated heterocycles. The Morgan fingerprint density at radius 1 is 1.06 bits per heavy atom. The molecule has 0 aliphatic heterocycles. The fraction of sp³-hybridized carbons (Fsp3) is 0.263. The van der Waals surface area contributed by atoms with Gasteiger partial charge in [0.2, 0.25) is 0 Å². The lowest BCUT2D eigenvalue weighted by atomic mass is 10.1. The number of benzene rings is 2. The Bertz CT molecular complexity index is 1410. The second-order valence-electron chi connectivity index (χ2n) is 7.85. The molecule has 3 rings (SSSR count). The normalized spacial score (nSPS) is 12.8. The van der Waals surface area contributed by atoms with E-state index >= 15 is 0 Å². The molecular weight excluding hydrogens is 557 g/mol. The van der Waals surface area contributed by atoms with Crippen LogP contribution in [0.1, 0.15) is 20.8 Å². The minimum absolute atomic E-state index is 0.256. The molecule has 0 aliphatic carbocycles. The maximum Gasteiger partial charge on any atom is 0.432 e. The molecule has 1 heterocycles. The van der Waals surface area contributed by atoms with Crippen LogP contribution in [-0.4, -0.2) is 49.6 Å². The van der Waals surface area contributed by atoms with Crippen LogP contribution in [0.15, 0.2) is 52.3 Å². The summed E-state index contributed by atoms with van der Waals surface area (Å²) in [7, 11) is -8.12. The van der Waals surface area contributed by atoms with Crippen LogP contribution >= 0.6 is 22.6 Å². The van der Waals surface area contributed by atoms with Crippen molar-refractivity contribution in [3.05, 3.63) is 46.2 Å². The third-order valence-electron chi connectivity index (χ3n) is 4.41. The van der Waals surface area contributed by atoms with Crippen LogP contribution < -0.4 is 4.31 Å². The summed E-state index contributed by atoms with van der Waals surface area (Å²) >= 11 is 1.88. The van der Waals surface area contributed by atoms with E-state index in [-0.39, 0.29) is 15.5 Å². The van der Waals surface area contributed by atoms with Crippen molar-refractivity contribution in [1.29, 1.82) is 0 Å². The number of halogens is 1. The third-order valence-corrected chi connectivity index (χ3v) is 8.64. The predicted molar refractivity (Wildman–Crippen MR) is 125 cm³/mol. The van der Waals surface area contributed by atoms with Gasteiger partial charge in [0.05, 0.1) is 16.1 Å². The maximum atomic E-state index is 13.7. The molecule has 1 N–H and O–H groups in total. The summed E-state index contributed by atoms with van der Waals surface area (Å²) in [5, 5.41) is 13.8. The molecule has 0 bridgehead atoms. The number of hydrogen-bond donors (Lipinski definition) is 1. The second kappa shape index (κ2) is 7.74. The lowest BCUT2D eigenvalue weighted by molar-refractivity contribution is 0.194. The van der Waals surface area contributed by atoms with Gasteiger partial charge in [-0.05, 0) is 73.7 Å². The molecule has 0 fully saturated rings. The first kappa shape index (κ1) is 23.5. The molecule has 0 aliphatic rings. The first-order valence-electron chi connectivity index (χ1n) is 8.92. The van der Waals surface area contributed by atoms with E-state index in [1.54, 1.807) is 20.8 Å². The van der Waals surface area contributed by atoms with Crippen LogP contribution in [-0.2, 0) is 19.9 Å². The SMILES string of the molecule is CC(C)(C)N(c1ccc2c(c1)c(I)nn2C(=O)O)S(=O)(=O)c1ccccc1S(C)(=O)=O. The largest absolute Gasteiger partial charge is 0.463 e. The molecule has 3 aromatic rings. The van der Waals surface area contributed by atoms with Gasteiger partial charge in [-0.2, -0.15) is 9.78 Å². The van der Waals surface area contributed by atoms with Crippen LogP contribution in [0, 0.1) is 3.70 Å². The van der Waals surface area contributed by atoms with Gasteiger partial charge >= 0.3 is 6.09 Å². The van der Waals surface area contributed by atoms with Gasteiger partial charge in [0.15, 0.2) is 9.84 Å². The van der Waals surface area contributed by atoms with Gasteiger partial charge in [-0.15, -0.1) is 0 Å². The van der Waals surface area contributed by atoms with E-state index < -0.39 is 31.5 Å². The average molecular weight is 577 g/mol.